The smallest absolute Gasteiger partial charge is 0.440 e. The standard InChI is InChI=1S/C25H17N5O8/c26-12-19-20(35-17-8-4-15(5-9-17)13-29-22(31)27-24(33)37-29)2-1-3-21(19)36-18-10-6-16(7-11-18)14-30-23(32)28-25(34)38-30/h1-11H,13-14H2,(H,27,31,33)(H,28,32,34). The van der Waals surface area contributed by atoms with Crippen LogP contribution in [0.2, 0.25) is 0 Å². The van der Waals surface area contributed by atoms with Gasteiger partial charge in [0.2, 0.25) is 0 Å². The normalized spacial score (nSPS) is 10.7. The molecule has 5 aromatic rings. The van der Waals surface area contributed by atoms with Crippen LogP contribution in [0.4, 0.5) is 0 Å². The fourth-order valence-corrected chi connectivity index (χ4v) is 3.54. The fourth-order valence-electron chi connectivity index (χ4n) is 3.54. The van der Waals surface area contributed by atoms with E-state index in [1.165, 1.54) is 0 Å². The van der Waals surface area contributed by atoms with E-state index in [0.29, 0.717) is 22.6 Å². The Hall–Kier alpha value is -5.77. The van der Waals surface area contributed by atoms with E-state index < -0.39 is 22.9 Å². The third kappa shape index (κ3) is 5.24. The van der Waals surface area contributed by atoms with Crippen molar-refractivity contribution in [3.63, 3.8) is 0 Å². The molecule has 0 spiro atoms. The fraction of sp³-hybridized carbons (Fsp3) is 0.0800. The van der Waals surface area contributed by atoms with Gasteiger partial charge in [-0.2, -0.15) is 5.26 Å². The molecule has 0 radical (unpaired) electrons. The summed E-state index contributed by atoms with van der Waals surface area (Å²) in [5, 5.41) is 9.78. The first-order valence-electron chi connectivity index (χ1n) is 11.1. The zero-order valence-electron chi connectivity index (χ0n) is 19.4. The molecule has 190 valence electrons. The van der Waals surface area contributed by atoms with Gasteiger partial charge in [0.05, 0.1) is 13.1 Å². The number of ether oxygens (including phenoxy) is 2. The van der Waals surface area contributed by atoms with Crippen molar-refractivity contribution in [3.05, 3.63) is 125 Å². The summed E-state index contributed by atoms with van der Waals surface area (Å²) in [7, 11) is 0. The van der Waals surface area contributed by atoms with Gasteiger partial charge in [-0.25, -0.2) is 29.1 Å². The van der Waals surface area contributed by atoms with Crippen molar-refractivity contribution < 1.29 is 18.5 Å². The van der Waals surface area contributed by atoms with Crippen molar-refractivity contribution in [2.24, 2.45) is 0 Å². The van der Waals surface area contributed by atoms with Gasteiger partial charge in [-0.05, 0) is 47.5 Å². The topological polar surface area (TPSA) is 178 Å². The molecule has 0 atom stereocenters. The predicted octanol–water partition coefficient (Wildman–Crippen LogP) is 2.13. The van der Waals surface area contributed by atoms with Gasteiger partial charge >= 0.3 is 22.9 Å². The molecule has 38 heavy (non-hydrogen) atoms. The molecule has 0 fully saturated rings. The first kappa shape index (κ1) is 23.9. The van der Waals surface area contributed by atoms with Crippen molar-refractivity contribution in [2.75, 3.05) is 0 Å². The summed E-state index contributed by atoms with van der Waals surface area (Å²) in [4.78, 5) is 49.5. The molecular formula is C25H17N5O8. The highest BCUT2D eigenvalue weighted by molar-refractivity contribution is 5.55. The van der Waals surface area contributed by atoms with E-state index in [0.717, 1.165) is 9.48 Å². The molecule has 0 saturated carbocycles. The molecule has 0 saturated heterocycles. The molecule has 2 N–H and O–H groups in total. The summed E-state index contributed by atoms with van der Waals surface area (Å²) in [5.74, 6) is -0.267. The summed E-state index contributed by atoms with van der Waals surface area (Å²) in [6.45, 7) is 0.111. The highest BCUT2D eigenvalue weighted by Gasteiger charge is 2.13. The maximum absolute atomic E-state index is 11.6. The SMILES string of the molecule is N#Cc1c(Oc2ccc(Cn3oc(=O)[nH]c3=O)cc2)cccc1Oc1ccc(Cn2oc(=O)[nH]c2=O)cc1. The predicted molar refractivity (Wildman–Crippen MR) is 130 cm³/mol. The van der Waals surface area contributed by atoms with Crippen molar-refractivity contribution >= 4 is 0 Å². The molecule has 2 heterocycles. The van der Waals surface area contributed by atoms with Crippen LogP contribution in [0.3, 0.4) is 0 Å². The number of aromatic nitrogens is 4. The summed E-state index contributed by atoms with van der Waals surface area (Å²) in [5.41, 5.74) is 0.246. The molecule has 13 nitrogen and oxygen atoms in total. The Kier molecular flexibility index (Phi) is 6.35. The van der Waals surface area contributed by atoms with Crippen LogP contribution in [-0.4, -0.2) is 19.4 Å². The van der Waals surface area contributed by atoms with Crippen molar-refractivity contribution in [1.29, 1.82) is 5.26 Å². The number of nitrogens with one attached hydrogen (secondary N) is 2. The van der Waals surface area contributed by atoms with E-state index in [1.807, 2.05) is 9.97 Å². The number of benzene rings is 3. The van der Waals surface area contributed by atoms with E-state index in [4.69, 9.17) is 18.5 Å². The summed E-state index contributed by atoms with van der Waals surface area (Å²) < 4.78 is 23.1. The molecule has 0 unspecified atom stereocenters. The third-order valence-electron chi connectivity index (χ3n) is 5.31. The van der Waals surface area contributed by atoms with Crippen molar-refractivity contribution in [1.82, 2.24) is 19.4 Å². The monoisotopic (exact) mass is 515 g/mol. The number of aromatic amines is 2. The van der Waals surface area contributed by atoms with Crippen LogP contribution in [0.5, 0.6) is 23.0 Å². The summed E-state index contributed by atoms with van der Waals surface area (Å²) >= 11 is 0. The van der Waals surface area contributed by atoms with E-state index in [1.54, 1.807) is 66.7 Å². The molecule has 13 heteroatoms. The summed E-state index contributed by atoms with van der Waals surface area (Å²) in [6.07, 6.45) is 0. The number of nitrogens with zero attached hydrogens (tertiary/aromatic N) is 3. The molecule has 0 aliphatic carbocycles. The second-order valence-electron chi connectivity index (χ2n) is 7.92. The average molecular weight is 515 g/mol. The Balaban J connectivity index is 1.29. The van der Waals surface area contributed by atoms with Gasteiger partial charge < -0.3 is 18.5 Å². The minimum Gasteiger partial charge on any atom is -0.456 e. The lowest BCUT2D eigenvalue weighted by Crippen LogP contribution is -2.17. The Morgan fingerprint density at radius 1 is 0.684 bits per heavy atom. The molecule has 0 aliphatic heterocycles. The first-order chi connectivity index (χ1) is 18.4. The van der Waals surface area contributed by atoms with E-state index in [2.05, 4.69) is 6.07 Å². The Morgan fingerprint density at radius 2 is 1.11 bits per heavy atom. The van der Waals surface area contributed by atoms with Crippen LogP contribution < -0.4 is 32.4 Å². The number of rotatable bonds is 8. The average Bonchev–Trinajstić information content (AvgIpc) is 3.39. The molecule has 5 rings (SSSR count). The van der Waals surface area contributed by atoms with Crippen LogP contribution in [0.15, 0.2) is 95.0 Å². The number of H-pyrrole nitrogens is 2. The highest BCUT2D eigenvalue weighted by atomic mass is 16.5. The molecule has 0 bridgehead atoms. The van der Waals surface area contributed by atoms with Crippen LogP contribution >= 0.6 is 0 Å². The minimum atomic E-state index is -0.833. The minimum absolute atomic E-state index is 0.0553. The van der Waals surface area contributed by atoms with E-state index in [-0.39, 0.29) is 30.2 Å². The third-order valence-corrected chi connectivity index (χ3v) is 5.31. The van der Waals surface area contributed by atoms with Gasteiger partial charge in [-0.3, -0.25) is 0 Å². The molecular weight excluding hydrogens is 498 g/mol. The Labute approximate surface area is 211 Å². The van der Waals surface area contributed by atoms with Gasteiger partial charge in [-0.1, -0.05) is 30.3 Å². The Morgan fingerprint density at radius 3 is 1.45 bits per heavy atom. The van der Waals surface area contributed by atoms with Gasteiger partial charge in [0.25, 0.3) is 0 Å². The van der Waals surface area contributed by atoms with Gasteiger partial charge in [0, 0.05) is 0 Å². The van der Waals surface area contributed by atoms with E-state index >= 15 is 0 Å². The maximum Gasteiger partial charge on any atom is 0.440 e. The number of hydrogen-bond acceptors (Lipinski definition) is 9. The van der Waals surface area contributed by atoms with Crippen molar-refractivity contribution in [2.45, 2.75) is 13.1 Å². The Bertz CT molecular complexity index is 1730. The molecule has 0 amide bonds. The van der Waals surface area contributed by atoms with Crippen LogP contribution in [-0.2, 0) is 13.1 Å². The van der Waals surface area contributed by atoms with Crippen molar-refractivity contribution in [3.8, 4) is 29.1 Å². The van der Waals surface area contributed by atoms with Gasteiger partial charge in [-0.15, -0.1) is 9.48 Å². The lowest BCUT2D eigenvalue weighted by Gasteiger charge is -2.12. The quantitative estimate of drug-likeness (QED) is 0.313. The van der Waals surface area contributed by atoms with Crippen LogP contribution in [0.25, 0.3) is 0 Å². The lowest BCUT2D eigenvalue weighted by molar-refractivity contribution is 0.258. The zero-order valence-corrected chi connectivity index (χ0v) is 19.4. The molecule has 3 aromatic carbocycles. The lowest BCUT2D eigenvalue weighted by atomic mass is 10.2. The van der Waals surface area contributed by atoms with Gasteiger partial charge in [0.1, 0.15) is 34.6 Å². The molecule has 0 aliphatic rings. The van der Waals surface area contributed by atoms with Gasteiger partial charge in [0.15, 0.2) is 0 Å². The van der Waals surface area contributed by atoms with E-state index in [9.17, 15) is 24.4 Å². The molecule has 2 aromatic heterocycles. The van der Waals surface area contributed by atoms with Crippen LogP contribution in [0, 0.1) is 11.3 Å². The maximum atomic E-state index is 11.6. The van der Waals surface area contributed by atoms with Crippen LogP contribution in [0.1, 0.15) is 16.7 Å². The first-order valence-corrected chi connectivity index (χ1v) is 11.1. The number of nitriles is 1. The number of hydrogen-bond donors (Lipinski definition) is 2. The zero-order chi connectivity index (χ0) is 26.6. The highest BCUT2D eigenvalue weighted by Crippen LogP contribution is 2.34. The summed E-state index contributed by atoms with van der Waals surface area (Å²) in [6, 6.07) is 20.4. The second-order valence-corrected chi connectivity index (χ2v) is 7.92. The second kappa shape index (κ2) is 10.1. The largest absolute Gasteiger partial charge is 0.456 e.